The van der Waals surface area contributed by atoms with Gasteiger partial charge in [-0.1, -0.05) is 98.3 Å². The van der Waals surface area contributed by atoms with Gasteiger partial charge in [-0.3, -0.25) is 0 Å². The molecule has 0 saturated carbocycles. The number of hydrogen-bond acceptors (Lipinski definition) is 11. The van der Waals surface area contributed by atoms with Crippen molar-refractivity contribution in [3.63, 3.8) is 0 Å². The minimum atomic E-state index is -3.81. The summed E-state index contributed by atoms with van der Waals surface area (Å²) in [5.41, 5.74) is 3.47. The van der Waals surface area contributed by atoms with Gasteiger partial charge in [-0.25, -0.2) is 0 Å². The summed E-state index contributed by atoms with van der Waals surface area (Å²) >= 11 is 0. The Morgan fingerprint density at radius 1 is 0.836 bits per heavy atom. The minimum Gasteiger partial charge on any atom is -0.380 e. The van der Waals surface area contributed by atoms with Crippen LogP contribution >= 0.6 is 0 Å². The molecule has 13 heteroatoms. The molecule has 0 aromatic heterocycles. The SMILES string of the molecule is COCO[C@H](C[C@H]1O[C@H](OC)[C@H](OCc2ccccc2)[C@@H](OCc2ccccc2)[C@H]1OC)[C@H](C)[C@H](OC)[C@@H](C)/C=C/C(C)=N/NS(=O)(=O)c1ccc(C)cc1. The topological polar surface area (TPSA) is 132 Å². The van der Waals surface area contributed by atoms with E-state index in [1.165, 1.54) is 0 Å². The number of hydrogen-bond donors (Lipinski definition) is 1. The maximum atomic E-state index is 12.7. The van der Waals surface area contributed by atoms with Gasteiger partial charge in [0.15, 0.2) is 6.29 Å². The van der Waals surface area contributed by atoms with Crippen molar-refractivity contribution in [1.82, 2.24) is 4.83 Å². The molecule has 1 N–H and O–H groups in total. The first kappa shape index (κ1) is 44.2. The van der Waals surface area contributed by atoms with E-state index in [0.29, 0.717) is 25.3 Å². The lowest BCUT2D eigenvalue weighted by atomic mass is 9.84. The molecule has 3 aromatic carbocycles. The van der Waals surface area contributed by atoms with Gasteiger partial charge in [-0.05, 0) is 43.2 Å². The van der Waals surface area contributed by atoms with Crippen molar-refractivity contribution in [3.8, 4) is 0 Å². The Morgan fingerprint density at radius 3 is 1.98 bits per heavy atom. The van der Waals surface area contributed by atoms with Crippen molar-refractivity contribution >= 4 is 15.7 Å². The van der Waals surface area contributed by atoms with Crippen molar-refractivity contribution in [3.05, 3.63) is 114 Å². The second kappa shape index (κ2) is 22.3. The van der Waals surface area contributed by atoms with Crippen LogP contribution in [0.3, 0.4) is 0 Å². The third kappa shape index (κ3) is 13.0. The third-order valence-electron chi connectivity index (χ3n) is 9.74. The number of allylic oxidation sites excluding steroid dienone is 1. The lowest BCUT2D eigenvalue weighted by Crippen LogP contribution is -2.61. The predicted octanol–water partition coefficient (Wildman–Crippen LogP) is 6.43. The Kier molecular flexibility index (Phi) is 17.9. The zero-order valence-electron chi connectivity index (χ0n) is 33.2. The maximum absolute atomic E-state index is 12.7. The molecule has 0 aliphatic carbocycles. The van der Waals surface area contributed by atoms with Gasteiger partial charge in [0.25, 0.3) is 10.0 Å². The highest BCUT2D eigenvalue weighted by atomic mass is 32.2. The average molecular weight is 783 g/mol. The van der Waals surface area contributed by atoms with Crippen molar-refractivity contribution < 1.29 is 46.3 Å². The molecule has 1 saturated heterocycles. The molecule has 0 amide bonds. The number of rotatable bonds is 22. The molecule has 0 unspecified atom stereocenters. The summed E-state index contributed by atoms with van der Waals surface area (Å²) in [6.07, 6.45) is 0.407. The molecular formula is C42H58N2O10S. The van der Waals surface area contributed by atoms with Crippen LogP contribution in [-0.4, -0.2) is 92.3 Å². The Bertz CT molecular complexity index is 1710. The Hall–Kier alpha value is -3.50. The highest BCUT2D eigenvalue weighted by Gasteiger charge is 2.49. The highest BCUT2D eigenvalue weighted by molar-refractivity contribution is 7.89. The number of benzene rings is 3. The predicted molar refractivity (Wildman–Crippen MR) is 211 cm³/mol. The zero-order valence-corrected chi connectivity index (χ0v) is 34.0. The van der Waals surface area contributed by atoms with Gasteiger partial charge in [-0.2, -0.15) is 18.4 Å². The van der Waals surface area contributed by atoms with Gasteiger partial charge in [0.1, 0.15) is 25.1 Å². The van der Waals surface area contributed by atoms with Crippen molar-refractivity contribution in [1.29, 1.82) is 0 Å². The molecule has 0 radical (unpaired) electrons. The largest absolute Gasteiger partial charge is 0.380 e. The average Bonchev–Trinajstić information content (AvgIpc) is 3.20. The molecule has 9 atom stereocenters. The molecule has 12 nitrogen and oxygen atoms in total. The Morgan fingerprint density at radius 2 is 1.44 bits per heavy atom. The lowest BCUT2D eigenvalue weighted by Gasteiger charge is -2.46. The molecule has 302 valence electrons. The lowest BCUT2D eigenvalue weighted by molar-refractivity contribution is -0.318. The fraction of sp³-hybridized carbons (Fsp3) is 0.500. The molecular weight excluding hydrogens is 725 g/mol. The molecule has 3 aromatic rings. The number of nitrogens with zero attached hydrogens (tertiary/aromatic N) is 1. The van der Waals surface area contributed by atoms with Crippen LogP contribution < -0.4 is 4.83 Å². The van der Waals surface area contributed by atoms with Crippen LogP contribution in [-0.2, 0) is 61.1 Å². The maximum Gasteiger partial charge on any atom is 0.276 e. The number of hydrazone groups is 1. The summed E-state index contributed by atoms with van der Waals surface area (Å²) in [5, 5.41) is 4.11. The van der Waals surface area contributed by atoms with Gasteiger partial charge >= 0.3 is 0 Å². The molecule has 0 spiro atoms. The standard InChI is InChI=1S/C42H58N2O10S/c1-29-19-23-35(24-20-29)55(45,46)44-43-31(3)22-21-30(2)38(48-6)32(4)36(53-28-47-5)25-37-39(49-7)40(51-26-33-15-11-9-12-16-33)41(42(50-8)54-37)52-27-34-17-13-10-14-18-34/h9-24,30,32,36-42,44H,25-28H2,1-8H3/b22-21+,43-31+/t30-,32-,36+,37+,38+,39-,40-,41+,42-/m0/s1. The summed E-state index contributed by atoms with van der Waals surface area (Å²) in [6, 6.07) is 26.4. The van der Waals surface area contributed by atoms with Crippen LogP contribution in [0.15, 0.2) is 107 Å². The van der Waals surface area contributed by atoms with E-state index in [9.17, 15) is 8.42 Å². The third-order valence-corrected chi connectivity index (χ3v) is 11.0. The molecule has 1 fully saturated rings. The summed E-state index contributed by atoms with van der Waals surface area (Å²) in [7, 11) is 2.67. The van der Waals surface area contributed by atoms with Gasteiger partial charge in [0, 0.05) is 46.7 Å². The number of methoxy groups -OCH3 is 4. The van der Waals surface area contributed by atoms with E-state index in [4.69, 9.17) is 37.9 Å². The summed E-state index contributed by atoms with van der Waals surface area (Å²) in [4.78, 5) is 2.46. The normalized spacial score (nSPS) is 23.0. The van der Waals surface area contributed by atoms with E-state index in [1.54, 1.807) is 65.7 Å². The monoisotopic (exact) mass is 782 g/mol. The fourth-order valence-electron chi connectivity index (χ4n) is 6.72. The van der Waals surface area contributed by atoms with Gasteiger partial charge in [-0.15, -0.1) is 0 Å². The number of sulfonamides is 1. The summed E-state index contributed by atoms with van der Waals surface area (Å²) in [5.74, 6) is -0.294. The van der Waals surface area contributed by atoms with Crippen molar-refractivity contribution in [2.75, 3.05) is 35.2 Å². The Labute approximate surface area is 327 Å². The van der Waals surface area contributed by atoms with Crippen molar-refractivity contribution in [2.24, 2.45) is 16.9 Å². The summed E-state index contributed by atoms with van der Waals surface area (Å²) < 4.78 is 75.1. The molecule has 1 heterocycles. The second-order valence-electron chi connectivity index (χ2n) is 13.8. The summed E-state index contributed by atoms with van der Waals surface area (Å²) in [6.45, 7) is 8.43. The number of ether oxygens (including phenoxy) is 8. The number of nitrogens with one attached hydrogen (secondary N) is 1. The van der Waals surface area contributed by atoms with Gasteiger partial charge in [0.2, 0.25) is 0 Å². The van der Waals surface area contributed by atoms with Crippen molar-refractivity contribution in [2.45, 2.75) is 95.1 Å². The molecule has 1 aliphatic heterocycles. The highest BCUT2D eigenvalue weighted by Crippen LogP contribution is 2.34. The van der Waals surface area contributed by atoms with E-state index < -0.39 is 46.8 Å². The fourth-order valence-corrected chi connectivity index (χ4v) is 7.58. The zero-order chi connectivity index (χ0) is 39.8. The van der Waals surface area contributed by atoms with E-state index >= 15 is 0 Å². The van der Waals surface area contributed by atoms with Crippen LogP contribution in [0.5, 0.6) is 0 Å². The Balaban J connectivity index is 1.52. The van der Waals surface area contributed by atoms with E-state index in [0.717, 1.165) is 16.7 Å². The first-order valence-corrected chi connectivity index (χ1v) is 20.0. The second-order valence-corrected chi connectivity index (χ2v) is 15.4. The van der Waals surface area contributed by atoms with Gasteiger partial charge in [0.05, 0.1) is 42.1 Å². The molecule has 1 aliphatic rings. The van der Waals surface area contributed by atoms with E-state index in [-0.39, 0.29) is 29.6 Å². The van der Waals surface area contributed by atoms with E-state index in [2.05, 4.69) is 16.9 Å². The van der Waals surface area contributed by atoms with Crippen LogP contribution in [0.2, 0.25) is 0 Å². The number of aryl methyl sites for hydroxylation is 1. The van der Waals surface area contributed by atoms with Crippen LogP contribution in [0, 0.1) is 18.8 Å². The minimum absolute atomic E-state index is 0.0530. The van der Waals surface area contributed by atoms with E-state index in [1.807, 2.05) is 80.6 Å². The van der Waals surface area contributed by atoms with Crippen LogP contribution in [0.1, 0.15) is 43.9 Å². The first-order valence-electron chi connectivity index (χ1n) is 18.5. The smallest absolute Gasteiger partial charge is 0.276 e. The molecule has 0 bridgehead atoms. The first-order chi connectivity index (χ1) is 26.5. The van der Waals surface area contributed by atoms with Gasteiger partial charge < -0.3 is 37.9 Å². The van der Waals surface area contributed by atoms with Crippen LogP contribution in [0.25, 0.3) is 0 Å². The van der Waals surface area contributed by atoms with Crippen LogP contribution in [0.4, 0.5) is 0 Å². The molecule has 55 heavy (non-hydrogen) atoms. The molecule has 4 rings (SSSR count). The quantitative estimate of drug-likeness (QED) is 0.0691.